The fourth-order valence-electron chi connectivity index (χ4n) is 3.18. The van der Waals surface area contributed by atoms with E-state index in [9.17, 15) is 0 Å². The molecule has 2 heterocycles. The van der Waals surface area contributed by atoms with Crippen molar-refractivity contribution in [2.75, 3.05) is 19.6 Å². The molecule has 1 aliphatic carbocycles. The molecular formula is C15H28N6. The van der Waals surface area contributed by atoms with Crippen molar-refractivity contribution < 1.29 is 0 Å². The molecule has 1 aromatic heterocycles. The van der Waals surface area contributed by atoms with Crippen LogP contribution in [0.4, 0.5) is 0 Å². The first-order valence-corrected chi connectivity index (χ1v) is 8.56. The van der Waals surface area contributed by atoms with Crippen molar-refractivity contribution >= 4 is 0 Å². The Morgan fingerprint density at radius 3 is 2.76 bits per heavy atom. The third-order valence-corrected chi connectivity index (χ3v) is 4.69. The minimum absolute atomic E-state index is 0.774. The van der Waals surface area contributed by atoms with Crippen LogP contribution >= 0.6 is 0 Å². The maximum absolute atomic E-state index is 4.26. The molecule has 2 aliphatic rings. The number of nitrogens with one attached hydrogen (secondary N) is 1. The van der Waals surface area contributed by atoms with Gasteiger partial charge in [0.05, 0.1) is 6.54 Å². The number of hydrogen-bond donors (Lipinski definition) is 1. The van der Waals surface area contributed by atoms with E-state index in [2.05, 4.69) is 32.7 Å². The number of tetrazole rings is 1. The average Bonchev–Trinajstić information content (AvgIpc) is 3.27. The van der Waals surface area contributed by atoms with E-state index in [1.807, 2.05) is 4.68 Å². The second kappa shape index (κ2) is 7.31. The molecule has 3 rings (SSSR count). The highest BCUT2D eigenvalue weighted by Crippen LogP contribution is 2.30. The maximum atomic E-state index is 4.26. The van der Waals surface area contributed by atoms with Crippen molar-refractivity contribution in [3.63, 3.8) is 0 Å². The first-order valence-electron chi connectivity index (χ1n) is 8.56. The lowest BCUT2D eigenvalue weighted by molar-refractivity contribution is 0.183. The predicted octanol–water partition coefficient (Wildman–Crippen LogP) is 1.44. The molecule has 2 fully saturated rings. The van der Waals surface area contributed by atoms with Gasteiger partial charge in [-0.15, -0.1) is 5.10 Å². The molecule has 21 heavy (non-hydrogen) atoms. The Kier molecular flexibility index (Phi) is 5.19. The molecule has 1 saturated carbocycles. The summed E-state index contributed by atoms with van der Waals surface area (Å²) >= 11 is 0. The predicted molar refractivity (Wildman–Crippen MR) is 81.8 cm³/mol. The lowest BCUT2D eigenvalue weighted by Gasteiger charge is -2.29. The second-order valence-corrected chi connectivity index (χ2v) is 6.53. The molecule has 1 saturated heterocycles. The smallest absolute Gasteiger partial charge is 0.165 e. The Hall–Kier alpha value is -1.01. The quantitative estimate of drug-likeness (QED) is 0.785. The monoisotopic (exact) mass is 292 g/mol. The van der Waals surface area contributed by atoms with Gasteiger partial charge in [-0.1, -0.05) is 13.3 Å². The zero-order valence-corrected chi connectivity index (χ0v) is 13.2. The zero-order valence-electron chi connectivity index (χ0n) is 13.2. The molecule has 1 aromatic rings. The Balaban J connectivity index is 1.58. The van der Waals surface area contributed by atoms with Crippen LogP contribution in [-0.2, 0) is 13.1 Å². The molecule has 0 amide bonds. The van der Waals surface area contributed by atoms with E-state index in [0.29, 0.717) is 0 Å². The summed E-state index contributed by atoms with van der Waals surface area (Å²) in [4.78, 5) is 2.63. The van der Waals surface area contributed by atoms with Gasteiger partial charge < -0.3 is 5.32 Å². The Morgan fingerprint density at radius 1 is 1.24 bits per heavy atom. The van der Waals surface area contributed by atoms with Gasteiger partial charge in [0, 0.05) is 19.1 Å². The second-order valence-electron chi connectivity index (χ2n) is 6.53. The summed E-state index contributed by atoms with van der Waals surface area (Å²) in [6, 6.07) is 0.774. The van der Waals surface area contributed by atoms with Crippen molar-refractivity contribution in [3.05, 3.63) is 5.82 Å². The average molecular weight is 292 g/mol. The van der Waals surface area contributed by atoms with Crippen molar-refractivity contribution in [3.8, 4) is 0 Å². The highest BCUT2D eigenvalue weighted by atomic mass is 15.5. The van der Waals surface area contributed by atoms with Gasteiger partial charge in [0.15, 0.2) is 5.82 Å². The molecule has 0 bridgehead atoms. The summed E-state index contributed by atoms with van der Waals surface area (Å²) in [5.74, 6) is 1.89. The lowest BCUT2D eigenvalue weighted by atomic mass is 9.97. The third kappa shape index (κ3) is 4.23. The number of rotatable bonds is 8. The highest BCUT2D eigenvalue weighted by molar-refractivity contribution is 4.91. The van der Waals surface area contributed by atoms with Crippen LogP contribution in [0, 0.1) is 5.92 Å². The number of hydrogen-bond acceptors (Lipinski definition) is 5. The summed E-state index contributed by atoms with van der Waals surface area (Å²) in [6.45, 7) is 7.65. The van der Waals surface area contributed by atoms with E-state index in [-0.39, 0.29) is 0 Å². The van der Waals surface area contributed by atoms with E-state index in [0.717, 1.165) is 37.3 Å². The maximum Gasteiger partial charge on any atom is 0.165 e. The molecular weight excluding hydrogens is 264 g/mol. The molecule has 0 radical (unpaired) electrons. The minimum Gasteiger partial charge on any atom is -0.317 e. The number of aryl methyl sites for hydroxylation is 1. The van der Waals surface area contributed by atoms with Gasteiger partial charge in [-0.25, -0.2) is 4.68 Å². The van der Waals surface area contributed by atoms with E-state index >= 15 is 0 Å². The fraction of sp³-hybridized carbons (Fsp3) is 0.933. The standard InChI is InChI=1S/C15H28N6/c1-2-3-10-21-15(17-18-19-21)12-20(14-4-5-14)11-13-6-8-16-9-7-13/h13-14,16H,2-12H2,1H3. The summed E-state index contributed by atoms with van der Waals surface area (Å²) in [6.07, 6.45) is 7.65. The molecule has 0 aromatic carbocycles. The Bertz CT molecular complexity index is 422. The summed E-state index contributed by atoms with van der Waals surface area (Å²) < 4.78 is 2.00. The van der Waals surface area contributed by atoms with Crippen molar-refractivity contribution in [2.45, 2.75) is 64.6 Å². The minimum atomic E-state index is 0.774. The highest BCUT2D eigenvalue weighted by Gasteiger charge is 2.32. The van der Waals surface area contributed by atoms with Gasteiger partial charge in [0.25, 0.3) is 0 Å². The van der Waals surface area contributed by atoms with Crippen LogP contribution in [0.25, 0.3) is 0 Å². The van der Waals surface area contributed by atoms with Gasteiger partial charge in [-0.05, 0) is 61.5 Å². The first-order chi connectivity index (χ1) is 10.4. The van der Waals surface area contributed by atoms with Crippen LogP contribution in [0.2, 0.25) is 0 Å². The van der Waals surface area contributed by atoms with Crippen molar-refractivity contribution in [1.82, 2.24) is 30.4 Å². The molecule has 6 heteroatoms. The molecule has 0 spiro atoms. The van der Waals surface area contributed by atoms with Gasteiger partial charge in [0.2, 0.25) is 0 Å². The van der Waals surface area contributed by atoms with Gasteiger partial charge in [-0.2, -0.15) is 0 Å². The van der Waals surface area contributed by atoms with Gasteiger partial charge in [-0.3, -0.25) is 4.90 Å². The number of unbranched alkanes of at least 4 members (excludes halogenated alkanes) is 1. The fourth-order valence-corrected chi connectivity index (χ4v) is 3.18. The lowest BCUT2D eigenvalue weighted by Crippen LogP contribution is -2.37. The molecule has 1 N–H and O–H groups in total. The first kappa shape index (κ1) is 14.9. The number of aromatic nitrogens is 4. The van der Waals surface area contributed by atoms with Crippen molar-refractivity contribution in [2.24, 2.45) is 5.92 Å². The van der Waals surface area contributed by atoms with Crippen LogP contribution in [-0.4, -0.2) is 50.8 Å². The van der Waals surface area contributed by atoms with Crippen LogP contribution in [0.1, 0.15) is 51.3 Å². The van der Waals surface area contributed by atoms with E-state index in [1.54, 1.807) is 0 Å². The van der Waals surface area contributed by atoms with Crippen LogP contribution in [0.5, 0.6) is 0 Å². The van der Waals surface area contributed by atoms with Crippen LogP contribution in [0.3, 0.4) is 0 Å². The normalized spacial score (nSPS) is 20.3. The molecule has 6 nitrogen and oxygen atoms in total. The molecule has 118 valence electrons. The van der Waals surface area contributed by atoms with Gasteiger partial charge >= 0.3 is 0 Å². The van der Waals surface area contributed by atoms with Crippen LogP contribution in [0.15, 0.2) is 0 Å². The Morgan fingerprint density at radius 2 is 2.05 bits per heavy atom. The van der Waals surface area contributed by atoms with E-state index in [1.165, 1.54) is 51.7 Å². The topological polar surface area (TPSA) is 58.9 Å². The number of nitrogens with zero attached hydrogens (tertiary/aromatic N) is 5. The SMILES string of the molecule is CCCCn1nnnc1CN(CC1CCNCC1)C1CC1. The van der Waals surface area contributed by atoms with Crippen LogP contribution < -0.4 is 5.32 Å². The molecule has 1 aliphatic heterocycles. The third-order valence-electron chi connectivity index (χ3n) is 4.69. The molecule has 0 unspecified atom stereocenters. The van der Waals surface area contributed by atoms with E-state index < -0.39 is 0 Å². The summed E-state index contributed by atoms with van der Waals surface area (Å²) in [5.41, 5.74) is 0. The van der Waals surface area contributed by atoms with Crippen molar-refractivity contribution in [1.29, 1.82) is 0 Å². The summed E-state index contributed by atoms with van der Waals surface area (Å²) in [5, 5.41) is 15.7. The Labute approximate surface area is 127 Å². The zero-order chi connectivity index (χ0) is 14.5. The van der Waals surface area contributed by atoms with E-state index in [4.69, 9.17) is 0 Å². The molecule has 0 atom stereocenters. The number of piperidine rings is 1. The summed E-state index contributed by atoms with van der Waals surface area (Å²) in [7, 11) is 0. The largest absolute Gasteiger partial charge is 0.317 e. The van der Waals surface area contributed by atoms with Gasteiger partial charge in [0.1, 0.15) is 0 Å².